The molecule has 0 unspecified atom stereocenters. The maximum absolute atomic E-state index is 12.8. The van der Waals surface area contributed by atoms with Gasteiger partial charge in [0, 0.05) is 32.8 Å². The van der Waals surface area contributed by atoms with Crippen LogP contribution in [0.1, 0.15) is 18.4 Å². The molecule has 5 nitrogen and oxygen atoms in total. The molecule has 2 rings (SSSR count). The van der Waals surface area contributed by atoms with Crippen molar-refractivity contribution in [1.82, 2.24) is 10.2 Å². The number of nitrogens with two attached hydrogens (primary N) is 1. The Morgan fingerprint density at radius 1 is 1.36 bits per heavy atom. The molecule has 0 aliphatic carbocycles. The van der Waals surface area contributed by atoms with Gasteiger partial charge in [-0.05, 0) is 37.6 Å². The number of nitrogens with one attached hydrogen (secondary N) is 1. The number of benzene rings is 1. The van der Waals surface area contributed by atoms with E-state index in [1.807, 2.05) is 7.05 Å². The van der Waals surface area contributed by atoms with Crippen LogP contribution in [0.15, 0.2) is 24.3 Å². The molecule has 1 aromatic carbocycles. The van der Waals surface area contributed by atoms with Gasteiger partial charge in [-0.15, -0.1) is 0 Å². The molecule has 0 saturated carbocycles. The van der Waals surface area contributed by atoms with Crippen LogP contribution in [-0.2, 0) is 16.1 Å². The molecule has 22 heavy (non-hydrogen) atoms. The lowest BCUT2D eigenvalue weighted by molar-refractivity contribution is -0.129. The van der Waals surface area contributed by atoms with Gasteiger partial charge in [-0.3, -0.25) is 4.79 Å². The van der Waals surface area contributed by atoms with Crippen LogP contribution in [0.5, 0.6) is 0 Å². The second-order valence-electron chi connectivity index (χ2n) is 5.89. The van der Waals surface area contributed by atoms with Gasteiger partial charge in [0.05, 0.1) is 5.54 Å². The molecule has 0 atom stereocenters. The zero-order valence-electron chi connectivity index (χ0n) is 13.0. The molecular formula is C16H24FN3O2. The number of ether oxygens (including phenoxy) is 1. The van der Waals surface area contributed by atoms with Crippen molar-refractivity contribution >= 4 is 5.91 Å². The minimum absolute atomic E-state index is 0.106. The Morgan fingerprint density at radius 2 is 2.00 bits per heavy atom. The van der Waals surface area contributed by atoms with Gasteiger partial charge in [-0.25, -0.2) is 4.39 Å². The first-order chi connectivity index (χ1) is 10.5. The monoisotopic (exact) mass is 309 g/mol. The number of rotatable bonds is 6. The summed E-state index contributed by atoms with van der Waals surface area (Å²) < 4.78 is 18.1. The summed E-state index contributed by atoms with van der Waals surface area (Å²) in [6, 6.07) is 6.44. The molecule has 3 N–H and O–H groups in total. The van der Waals surface area contributed by atoms with E-state index >= 15 is 0 Å². The number of nitrogens with zero attached hydrogens (tertiary/aromatic N) is 1. The van der Waals surface area contributed by atoms with Crippen molar-refractivity contribution in [3.8, 4) is 0 Å². The number of hydrogen-bond acceptors (Lipinski definition) is 4. The molecular weight excluding hydrogens is 285 g/mol. The van der Waals surface area contributed by atoms with Crippen LogP contribution in [0.3, 0.4) is 0 Å². The van der Waals surface area contributed by atoms with Crippen LogP contribution in [0.25, 0.3) is 0 Å². The maximum Gasteiger partial charge on any atom is 0.240 e. The second-order valence-corrected chi connectivity index (χ2v) is 5.89. The summed E-state index contributed by atoms with van der Waals surface area (Å²) in [6.45, 7) is 3.02. The summed E-state index contributed by atoms with van der Waals surface area (Å²) in [5, 5.41) is 2.90. The fourth-order valence-electron chi connectivity index (χ4n) is 2.48. The Kier molecular flexibility index (Phi) is 5.88. The zero-order chi connectivity index (χ0) is 16.0. The topological polar surface area (TPSA) is 67.6 Å². The lowest BCUT2D eigenvalue weighted by Gasteiger charge is -2.32. The first-order valence-electron chi connectivity index (χ1n) is 7.57. The van der Waals surface area contributed by atoms with Gasteiger partial charge in [-0.2, -0.15) is 0 Å². The summed E-state index contributed by atoms with van der Waals surface area (Å²) in [7, 11) is 1.96. The Morgan fingerprint density at radius 3 is 2.64 bits per heavy atom. The summed E-state index contributed by atoms with van der Waals surface area (Å²) in [5.74, 6) is -0.339. The first-order valence-corrected chi connectivity index (χ1v) is 7.57. The third kappa shape index (κ3) is 4.76. The van der Waals surface area contributed by atoms with Crippen molar-refractivity contribution in [2.24, 2.45) is 5.73 Å². The number of carbonyl (C=O) groups is 1. The van der Waals surface area contributed by atoms with Gasteiger partial charge in [-0.1, -0.05) is 12.1 Å². The van der Waals surface area contributed by atoms with Gasteiger partial charge >= 0.3 is 0 Å². The highest BCUT2D eigenvalue weighted by Crippen LogP contribution is 2.17. The molecule has 0 radical (unpaired) electrons. The second kappa shape index (κ2) is 7.67. The largest absolute Gasteiger partial charge is 0.381 e. The van der Waals surface area contributed by atoms with E-state index in [1.54, 1.807) is 12.1 Å². The fourth-order valence-corrected chi connectivity index (χ4v) is 2.48. The molecule has 1 aliphatic rings. The van der Waals surface area contributed by atoms with E-state index in [-0.39, 0.29) is 11.7 Å². The molecule has 6 heteroatoms. The van der Waals surface area contributed by atoms with Gasteiger partial charge in [0.15, 0.2) is 0 Å². The van der Waals surface area contributed by atoms with E-state index in [2.05, 4.69) is 10.2 Å². The third-order valence-electron chi connectivity index (χ3n) is 3.98. The molecule has 1 fully saturated rings. The van der Waals surface area contributed by atoms with E-state index in [0.29, 0.717) is 45.7 Å². The summed E-state index contributed by atoms with van der Waals surface area (Å²) >= 11 is 0. The number of amides is 1. The Labute approximate surface area is 130 Å². The van der Waals surface area contributed by atoms with Crippen molar-refractivity contribution < 1.29 is 13.9 Å². The number of likely N-dealkylation sites (N-methyl/N-ethyl adjacent to an activating group) is 1. The maximum atomic E-state index is 12.8. The highest BCUT2D eigenvalue weighted by Gasteiger charge is 2.35. The molecule has 0 bridgehead atoms. The molecule has 0 aromatic heterocycles. The Balaban J connectivity index is 1.71. The van der Waals surface area contributed by atoms with Crippen LogP contribution in [-0.4, -0.2) is 49.7 Å². The van der Waals surface area contributed by atoms with Crippen molar-refractivity contribution in [3.05, 3.63) is 35.6 Å². The van der Waals surface area contributed by atoms with Crippen molar-refractivity contribution in [1.29, 1.82) is 0 Å². The average Bonchev–Trinajstić information content (AvgIpc) is 2.50. The van der Waals surface area contributed by atoms with Crippen LogP contribution in [0.4, 0.5) is 4.39 Å². The van der Waals surface area contributed by atoms with E-state index in [4.69, 9.17) is 10.5 Å². The predicted octanol–water partition coefficient (Wildman–Crippen LogP) is 0.882. The first kappa shape index (κ1) is 16.9. The SMILES string of the molecule is CN(CCNC(=O)C1(N)CCOCC1)Cc1ccc(F)cc1. The highest BCUT2D eigenvalue weighted by molar-refractivity contribution is 5.86. The average molecular weight is 309 g/mol. The van der Waals surface area contributed by atoms with E-state index in [0.717, 1.165) is 5.56 Å². The Bertz CT molecular complexity index is 487. The number of carbonyl (C=O) groups excluding carboxylic acids is 1. The molecule has 1 aliphatic heterocycles. The number of hydrogen-bond donors (Lipinski definition) is 2. The van der Waals surface area contributed by atoms with Crippen LogP contribution in [0, 0.1) is 5.82 Å². The summed E-state index contributed by atoms with van der Waals surface area (Å²) in [4.78, 5) is 14.2. The van der Waals surface area contributed by atoms with E-state index < -0.39 is 5.54 Å². The molecule has 1 amide bonds. The van der Waals surface area contributed by atoms with E-state index in [9.17, 15) is 9.18 Å². The van der Waals surface area contributed by atoms with Crippen molar-refractivity contribution in [3.63, 3.8) is 0 Å². The highest BCUT2D eigenvalue weighted by atomic mass is 19.1. The van der Waals surface area contributed by atoms with Crippen LogP contribution < -0.4 is 11.1 Å². The molecule has 1 aromatic rings. The predicted molar refractivity (Wildman–Crippen MR) is 82.7 cm³/mol. The van der Waals surface area contributed by atoms with E-state index in [1.165, 1.54) is 12.1 Å². The van der Waals surface area contributed by atoms with Crippen LogP contribution in [0.2, 0.25) is 0 Å². The standard InChI is InChI=1S/C16H24FN3O2/c1-20(12-13-2-4-14(17)5-3-13)9-8-19-15(21)16(18)6-10-22-11-7-16/h2-5H,6-12,18H2,1H3,(H,19,21). The van der Waals surface area contributed by atoms with Gasteiger partial charge in [0.25, 0.3) is 0 Å². The van der Waals surface area contributed by atoms with Crippen molar-refractivity contribution in [2.75, 3.05) is 33.4 Å². The minimum Gasteiger partial charge on any atom is -0.381 e. The molecule has 1 heterocycles. The molecule has 122 valence electrons. The quantitative estimate of drug-likeness (QED) is 0.819. The third-order valence-corrected chi connectivity index (χ3v) is 3.98. The van der Waals surface area contributed by atoms with Crippen molar-refractivity contribution in [2.45, 2.75) is 24.9 Å². The smallest absolute Gasteiger partial charge is 0.240 e. The molecule has 0 spiro atoms. The molecule has 1 saturated heterocycles. The fraction of sp³-hybridized carbons (Fsp3) is 0.562. The minimum atomic E-state index is -0.798. The zero-order valence-corrected chi connectivity index (χ0v) is 13.0. The van der Waals surface area contributed by atoms with Crippen LogP contribution >= 0.6 is 0 Å². The number of halogens is 1. The van der Waals surface area contributed by atoms with Gasteiger partial charge in [0.2, 0.25) is 5.91 Å². The van der Waals surface area contributed by atoms with Gasteiger partial charge < -0.3 is 20.7 Å². The summed E-state index contributed by atoms with van der Waals surface area (Å²) in [6.07, 6.45) is 1.12. The van der Waals surface area contributed by atoms with Gasteiger partial charge in [0.1, 0.15) is 5.82 Å². The normalized spacial score (nSPS) is 17.5. The lowest BCUT2D eigenvalue weighted by atomic mass is 9.90. The lowest BCUT2D eigenvalue weighted by Crippen LogP contribution is -2.57. The summed E-state index contributed by atoms with van der Waals surface area (Å²) in [5.41, 5.74) is 6.36. The Hall–Kier alpha value is -1.50.